The summed E-state index contributed by atoms with van der Waals surface area (Å²) in [6.07, 6.45) is 6.18. The number of nitrogens with zero attached hydrogens (tertiary/aromatic N) is 3. The fourth-order valence-electron chi connectivity index (χ4n) is 2.91. The number of anilines is 1. The van der Waals surface area contributed by atoms with E-state index in [1.165, 1.54) is 0 Å². The van der Waals surface area contributed by atoms with Crippen molar-refractivity contribution in [1.29, 1.82) is 0 Å². The molecule has 5 heteroatoms. The molecule has 0 saturated heterocycles. The number of hydrogen-bond donors (Lipinski definition) is 2. The summed E-state index contributed by atoms with van der Waals surface area (Å²) in [5, 5.41) is 17.6. The van der Waals surface area contributed by atoms with Crippen molar-refractivity contribution in [2.75, 3.05) is 11.9 Å². The Kier molecular flexibility index (Phi) is 3.38. The van der Waals surface area contributed by atoms with E-state index in [-0.39, 0.29) is 12.1 Å². The summed E-state index contributed by atoms with van der Waals surface area (Å²) >= 11 is 0. The van der Waals surface area contributed by atoms with Gasteiger partial charge in [-0.05, 0) is 50.2 Å². The zero-order valence-electron chi connectivity index (χ0n) is 12.1. The SMILES string of the molecule is Cc1ccc2nc(NC3(CO)CCC(C)CC3)nn2c1. The van der Waals surface area contributed by atoms with Gasteiger partial charge >= 0.3 is 0 Å². The Balaban J connectivity index is 1.84. The second-order valence-electron chi connectivity index (χ2n) is 6.19. The van der Waals surface area contributed by atoms with Crippen LogP contribution in [-0.2, 0) is 0 Å². The molecule has 0 aromatic carbocycles. The van der Waals surface area contributed by atoms with Gasteiger partial charge < -0.3 is 10.4 Å². The fraction of sp³-hybridized carbons (Fsp3) is 0.600. The van der Waals surface area contributed by atoms with E-state index in [0.717, 1.165) is 42.8 Å². The first-order chi connectivity index (χ1) is 9.60. The summed E-state index contributed by atoms with van der Waals surface area (Å²) in [5.41, 5.74) is 1.72. The highest BCUT2D eigenvalue weighted by Gasteiger charge is 2.34. The van der Waals surface area contributed by atoms with E-state index >= 15 is 0 Å². The predicted molar refractivity (Wildman–Crippen MR) is 78.8 cm³/mol. The maximum atomic E-state index is 9.78. The molecule has 0 amide bonds. The number of pyridine rings is 1. The minimum Gasteiger partial charge on any atom is -0.394 e. The fourth-order valence-corrected chi connectivity index (χ4v) is 2.91. The standard InChI is InChI=1S/C15H22N4O/c1-11-5-7-15(10-20,8-6-11)17-14-16-13-4-3-12(2)9-19(13)18-14/h3-4,9,11,20H,5-8,10H2,1-2H3,(H,17,18). The number of fused-ring (bicyclic) bond motifs is 1. The number of nitrogens with one attached hydrogen (secondary N) is 1. The Hall–Kier alpha value is -1.62. The van der Waals surface area contributed by atoms with E-state index in [0.29, 0.717) is 5.95 Å². The quantitative estimate of drug-likeness (QED) is 0.902. The van der Waals surface area contributed by atoms with Crippen molar-refractivity contribution in [1.82, 2.24) is 14.6 Å². The van der Waals surface area contributed by atoms with Crippen LogP contribution in [0.15, 0.2) is 18.3 Å². The van der Waals surface area contributed by atoms with Gasteiger partial charge in [-0.1, -0.05) is 13.0 Å². The lowest BCUT2D eigenvalue weighted by atomic mass is 9.77. The summed E-state index contributed by atoms with van der Waals surface area (Å²) in [6.45, 7) is 4.44. The van der Waals surface area contributed by atoms with Crippen LogP contribution in [0.25, 0.3) is 5.65 Å². The van der Waals surface area contributed by atoms with E-state index < -0.39 is 0 Å². The molecular weight excluding hydrogens is 252 g/mol. The van der Waals surface area contributed by atoms with Crippen LogP contribution in [0, 0.1) is 12.8 Å². The molecule has 2 N–H and O–H groups in total. The molecule has 3 rings (SSSR count). The minimum absolute atomic E-state index is 0.133. The van der Waals surface area contributed by atoms with Gasteiger partial charge in [-0.15, -0.1) is 5.10 Å². The van der Waals surface area contributed by atoms with Crippen molar-refractivity contribution < 1.29 is 5.11 Å². The number of aromatic nitrogens is 3. The molecule has 1 aliphatic rings. The third-order valence-electron chi connectivity index (χ3n) is 4.39. The van der Waals surface area contributed by atoms with Crippen LogP contribution in [0.5, 0.6) is 0 Å². The zero-order chi connectivity index (χ0) is 14.2. The molecule has 0 aliphatic heterocycles. The van der Waals surface area contributed by atoms with Gasteiger partial charge in [-0.3, -0.25) is 0 Å². The summed E-state index contributed by atoms with van der Waals surface area (Å²) in [4.78, 5) is 4.49. The van der Waals surface area contributed by atoms with Crippen molar-refractivity contribution in [2.45, 2.75) is 45.1 Å². The molecule has 0 spiro atoms. The molecule has 2 heterocycles. The molecule has 0 bridgehead atoms. The Morgan fingerprint density at radius 3 is 2.85 bits per heavy atom. The van der Waals surface area contributed by atoms with E-state index in [9.17, 15) is 5.11 Å². The molecular formula is C15H22N4O. The summed E-state index contributed by atoms with van der Waals surface area (Å²) in [7, 11) is 0. The molecule has 1 aliphatic carbocycles. The Morgan fingerprint density at radius 1 is 1.40 bits per heavy atom. The lowest BCUT2D eigenvalue weighted by Gasteiger charge is -2.38. The van der Waals surface area contributed by atoms with Crippen LogP contribution < -0.4 is 5.32 Å². The van der Waals surface area contributed by atoms with Crippen molar-refractivity contribution in [3.8, 4) is 0 Å². The molecule has 20 heavy (non-hydrogen) atoms. The Bertz CT molecular complexity index is 599. The van der Waals surface area contributed by atoms with E-state index in [1.54, 1.807) is 4.52 Å². The highest BCUT2D eigenvalue weighted by Crippen LogP contribution is 2.33. The van der Waals surface area contributed by atoms with Crippen LogP contribution in [0.1, 0.15) is 38.2 Å². The summed E-state index contributed by atoms with van der Waals surface area (Å²) in [6, 6.07) is 3.99. The largest absolute Gasteiger partial charge is 0.394 e. The molecule has 0 unspecified atom stereocenters. The number of hydrogen-bond acceptors (Lipinski definition) is 4. The number of rotatable bonds is 3. The second kappa shape index (κ2) is 5.05. The van der Waals surface area contributed by atoms with Crippen molar-refractivity contribution in [3.05, 3.63) is 23.9 Å². The van der Waals surface area contributed by atoms with E-state index in [1.807, 2.05) is 25.3 Å². The van der Waals surface area contributed by atoms with Gasteiger partial charge in [0.2, 0.25) is 5.95 Å². The van der Waals surface area contributed by atoms with Gasteiger partial charge in [0.1, 0.15) is 0 Å². The van der Waals surface area contributed by atoms with Crippen molar-refractivity contribution in [3.63, 3.8) is 0 Å². The van der Waals surface area contributed by atoms with Gasteiger partial charge in [0.15, 0.2) is 5.65 Å². The summed E-state index contributed by atoms with van der Waals surface area (Å²) in [5.74, 6) is 1.35. The molecule has 2 aromatic rings. The lowest BCUT2D eigenvalue weighted by molar-refractivity contribution is 0.154. The van der Waals surface area contributed by atoms with Crippen LogP contribution in [-0.4, -0.2) is 31.9 Å². The highest BCUT2D eigenvalue weighted by atomic mass is 16.3. The third-order valence-corrected chi connectivity index (χ3v) is 4.39. The van der Waals surface area contributed by atoms with Crippen LogP contribution in [0.2, 0.25) is 0 Å². The molecule has 0 radical (unpaired) electrons. The molecule has 0 atom stereocenters. The monoisotopic (exact) mass is 274 g/mol. The Labute approximate surface area is 119 Å². The smallest absolute Gasteiger partial charge is 0.243 e. The first-order valence-corrected chi connectivity index (χ1v) is 7.32. The van der Waals surface area contributed by atoms with Gasteiger partial charge in [-0.2, -0.15) is 4.98 Å². The first-order valence-electron chi connectivity index (χ1n) is 7.32. The van der Waals surface area contributed by atoms with Crippen molar-refractivity contribution >= 4 is 11.6 Å². The second-order valence-corrected chi connectivity index (χ2v) is 6.19. The molecule has 5 nitrogen and oxygen atoms in total. The maximum Gasteiger partial charge on any atom is 0.243 e. The van der Waals surface area contributed by atoms with E-state index in [2.05, 4.69) is 22.3 Å². The topological polar surface area (TPSA) is 62.5 Å². The molecule has 108 valence electrons. The first kappa shape index (κ1) is 13.4. The normalized spacial score (nSPS) is 26.9. The Morgan fingerprint density at radius 2 is 2.15 bits per heavy atom. The molecule has 1 saturated carbocycles. The number of aliphatic hydroxyl groups is 1. The van der Waals surface area contributed by atoms with Crippen LogP contribution in [0.4, 0.5) is 5.95 Å². The molecule has 2 aromatic heterocycles. The number of aryl methyl sites for hydroxylation is 1. The molecule has 1 fully saturated rings. The minimum atomic E-state index is -0.257. The van der Waals surface area contributed by atoms with Crippen LogP contribution >= 0.6 is 0 Å². The highest BCUT2D eigenvalue weighted by molar-refractivity contribution is 5.45. The third kappa shape index (κ3) is 2.50. The van der Waals surface area contributed by atoms with Gasteiger partial charge in [0.25, 0.3) is 0 Å². The van der Waals surface area contributed by atoms with E-state index in [4.69, 9.17) is 0 Å². The van der Waals surface area contributed by atoms with Gasteiger partial charge in [-0.25, -0.2) is 4.52 Å². The van der Waals surface area contributed by atoms with Gasteiger partial charge in [0.05, 0.1) is 12.1 Å². The van der Waals surface area contributed by atoms with Crippen LogP contribution in [0.3, 0.4) is 0 Å². The lowest BCUT2D eigenvalue weighted by Crippen LogP contribution is -2.45. The average Bonchev–Trinajstić information content (AvgIpc) is 2.83. The zero-order valence-corrected chi connectivity index (χ0v) is 12.1. The summed E-state index contributed by atoms with van der Waals surface area (Å²) < 4.78 is 1.79. The predicted octanol–water partition coefficient (Wildman–Crippen LogP) is 2.39. The average molecular weight is 274 g/mol. The van der Waals surface area contributed by atoms with Gasteiger partial charge in [0, 0.05) is 6.20 Å². The van der Waals surface area contributed by atoms with Crippen molar-refractivity contribution in [2.24, 2.45) is 5.92 Å². The number of aliphatic hydroxyl groups excluding tert-OH is 1. The maximum absolute atomic E-state index is 9.78.